The zero-order chi connectivity index (χ0) is 19.5. The quantitative estimate of drug-likeness (QED) is 0.501. The number of rotatable bonds is 5. The molecular formula is C19H16N4O4S. The number of para-hydroxylation sites is 1. The molecule has 3 heterocycles. The predicted molar refractivity (Wildman–Crippen MR) is 102 cm³/mol. The van der Waals surface area contributed by atoms with Gasteiger partial charge < -0.3 is 8.94 Å². The molecular weight excluding hydrogens is 380 g/mol. The number of nitrogens with one attached hydrogen (secondary N) is 2. The molecule has 4 rings (SSSR count). The molecule has 0 spiro atoms. The third kappa shape index (κ3) is 3.65. The summed E-state index contributed by atoms with van der Waals surface area (Å²) in [5, 5.41) is 8.58. The summed E-state index contributed by atoms with van der Waals surface area (Å²) in [5.41, 5.74) is 6.95. The van der Waals surface area contributed by atoms with Crippen molar-refractivity contribution in [2.24, 2.45) is 0 Å². The standard InChI is InChI=1S/C19H16N4O4S/c1-11-13-4-2-3-5-14(13)26-17(11)19(25)22-21-15(24)6-7-16-20-18(23-27-16)12-8-9-28-10-12/h2-5,8-10H,6-7H2,1H3,(H,21,24)(H,22,25). The Morgan fingerprint density at radius 1 is 1.18 bits per heavy atom. The van der Waals surface area contributed by atoms with E-state index in [1.807, 2.05) is 35.0 Å². The molecule has 2 amide bonds. The van der Waals surface area contributed by atoms with E-state index in [0.717, 1.165) is 10.9 Å². The van der Waals surface area contributed by atoms with Crippen molar-refractivity contribution < 1.29 is 18.5 Å². The van der Waals surface area contributed by atoms with Crippen LogP contribution in [0.25, 0.3) is 22.4 Å². The Morgan fingerprint density at radius 3 is 2.82 bits per heavy atom. The highest BCUT2D eigenvalue weighted by atomic mass is 32.1. The van der Waals surface area contributed by atoms with Crippen LogP contribution in [0.2, 0.25) is 0 Å². The van der Waals surface area contributed by atoms with E-state index in [0.29, 0.717) is 22.9 Å². The minimum atomic E-state index is -0.514. The summed E-state index contributed by atoms with van der Waals surface area (Å²) in [7, 11) is 0. The van der Waals surface area contributed by atoms with Crippen molar-refractivity contribution in [3.8, 4) is 11.4 Å². The average Bonchev–Trinajstić information content (AvgIpc) is 3.45. The van der Waals surface area contributed by atoms with Gasteiger partial charge in [0.15, 0.2) is 5.76 Å². The van der Waals surface area contributed by atoms with Crippen molar-refractivity contribution in [1.82, 2.24) is 21.0 Å². The van der Waals surface area contributed by atoms with E-state index in [2.05, 4.69) is 21.0 Å². The first-order valence-corrected chi connectivity index (χ1v) is 9.48. The van der Waals surface area contributed by atoms with Crippen LogP contribution in [-0.4, -0.2) is 22.0 Å². The van der Waals surface area contributed by atoms with E-state index < -0.39 is 5.91 Å². The molecule has 0 aliphatic carbocycles. The Bertz CT molecular complexity index is 1130. The van der Waals surface area contributed by atoms with Crippen molar-refractivity contribution in [3.05, 3.63) is 58.3 Å². The normalized spacial score (nSPS) is 10.9. The monoisotopic (exact) mass is 396 g/mol. The van der Waals surface area contributed by atoms with Crippen LogP contribution in [0.3, 0.4) is 0 Å². The highest BCUT2D eigenvalue weighted by molar-refractivity contribution is 7.08. The zero-order valence-electron chi connectivity index (χ0n) is 14.9. The zero-order valence-corrected chi connectivity index (χ0v) is 15.7. The topological polar surface area (TPSA) is 110 Å². The van der Waals surface area contributed by atoms with Crippen LogP contribution in [0.5, 0.6) is 0 Å². The molecule has 8 nitrogen and oxygen atoms in total. The van der Waals surface area contributed by atoms with E-state index in [1.54, 1.807) is 13.0 Å². The molecule has 3 aromatic heterocycles. The Balaban J connectivity index is 1.30. The molecule has 0 saturated heterocycles. The summed E-state index contributed by atoms with van der Waals surface area (Å²) in [6.07, 6.45) is 0.354. The number of thiophene rings is 1. The highest BCUT2D eigenvalue weighted by Crippen LogP contribution is 2.24. The molecule has 4 aromatic rings. The lowest BCUT2D eigenvalue weighted by atomic mass is 10.1. The number of hydrogen-bond donors (Lipinski definition) is 2. The number of amides is 2. The summed E-state index contributed by atoms with van der Waals surface area (Å²) in [6, 6.07) is 9.25. The van der Waals surface area contributed by atoms with Gasteiger partial charge in [-0.2, -0.15) is 16.3 Å². The molecule has 28 heavy (non-hydrogen) atoms. The summed E-state index contributed by atoms with van der Waals surface area (Å²) in [6.45, 7) is 1.79. The summed E-state index contributed by atoms with van der Waals surface area (Å²) >= 11 is 1.54. The molecule has 0 radical (unpaired) electrons. The van der Waals surface area contributed by atoms with Gasteiger partial charge in [0.25, 0.3) is 0 Å². The number of carbonyl (C=O) groups excluding carboxylic acids is 2. The number of nitrogens with zero attached hydrogens (tertiary/aromatic N) is 2. The van der Waals surface area contributed by atoms with E-state index in [1.165, 1.54) is 11.3 Å². The van der Waals surface area contributed by atoms with Gasteiger partial charge in [0, 0.05) is 34.7 Å². The van der Waals surface area contributed by atoms with Gasteiger partial charge in [0.05, 0.1) is 0 Å². The number of benzene rings is 1. The number of furan rings is 1. The fraction of sp³-hybridized carbons (Fsp3) is 0.158. The Labute approximate surface area is 163 Å². The fourth-order valence-corrected chi connectivity index (χ4v) is 3.36. The maximum Gasteiger partial charge on any atom is 0.305 e. The van der Waals surface area contributed by atoms with Crippen molar-refractivity contribution in [2.75, 3.05) is 0 Å². The van der Waals surface area contributed by atoms with Crippen molar-refractivity contribution >= 4 is 34.1 Å². The molecule has 0 aliphatic rings. The van der Waals surface area contributed by atoms with Gasteiger partial charge in [0.2, 0.25) is 17.6 Å². The fourth-order valence-electron chi connectivity index (χ4n) is 2.72. The lowest BCUT2D eigenvalue weighted by molar-refractivity contribution is -0.121. The molecule has 0 fully saturated rings. The smallest absolute Gasteiger partial charge is 0.305 e. The SMILES string of the molecule is Cc1c(C(=O)NNC(=O)CCc2nc(-c3ccsc3)no2)oc2ccccc12. The van der Waals surface area contributed by atoms with E-state index in [-0.39, 0.29) is 24.5 Å². The lowest BCUT2D eigenvalue weighted by Crippen LogP contribution is -2.41. The van der Waals surface area contributed by atoms with Gasteiger partial charge in [-0.1, -0.05) is 23.4 Å². The van der Waals surface area contributed by atoms with Crippen LogP contribution in [0.15, 0.2) is 50.0 Å². The minimum Gasteiger partial charge on any atom is -0.451 e. The number of aromatic nitrogens is 2. The number of carbonyl (C=O) groups is 2. The molecule has 0 unspecified atom stereocenters. The molecule has 9 heteroatoms. The van der Waals surface area contributed by atoms with Gasteiger partial charge in [0.1, 0.15) is 5.58 Å². The second kappa shape index (κ2) is 7.65. The predicted octanol–water partition coefficient (Wildman–Crippen LogP) is 3.25. The third-order valence-electron chi connectivity index (χ3n) is 4.18. The van der Waals surface area contributed by atoms with Crippen LogP contribution in [0, 0.1) is 6.92 Å². The average molecular weight is 396 g/mol. The number of hydrogen-bond acceptors (Lipinski definition) is 7. The van der Waals surface area contributed by atoms with Crippen molar-refractivity contribution in [1.29, 1.82) is 0 Å². The van der Waals surface area contributed by atoms with Gasteiger partial charge in [-0.05, 0) is 24.4 Å². The first kappa shape index (κ1) is 17.9. The number of hydrazine groups is 1. The summed E-state index contributed by atoms with van der Waals surface area (Å²) in [5.74, 6) is 0.122. The van der Waals surface area contributed by atoms with Crippen LogP contribution < -0.4 is 10.9 Å². The Hall–Kier alpha value is -3.46. The highest BCUT2D eigenvalue weighted by Gasteiger charge is 2.18. The van der Waals surface area contributed by atoms with Crippen molar-refractivity contribution in [2.45, 2.75) is 19.8 Å². The first-order valence-electron chi connectivity index (χ1n) is 8.54. The summed E-state index contributed by atoms with van der Waals surface area (Å²) in [4.78, 5) is 28.5. The molecule has 0 saturated carbocycles. The van der Waals surface area contributed by atoms with E-state index >= 15 is 0 Å². The van der Waals surface area contributed by atoms with Gasteiger partial charge >= 0.3 is 5.91 Å². The molecule has 1 aromatic carbocycles. The van der Waals surface area contributed by atoms with Crippen LogP contribution in [0.4, 0.5) is 0 Å². The Morgan fingerprint density at radius 2 is 2.04 bits per heavy atom. The number of aryl methyl sites for hydroxylation is 2. The maximum atomic E-state index is 12.3. The molecule has 0 atom stereocenters. The second-order valence-electron chi connectivity index (χ2n) is 6.08. The lowest BCUT2D eigenvalue weighted by Gasteiger charge is -2.05. The summed E-state index contributed by atoms with van der Waals surface area (Å²) < 4.78 is 10.7. The van der Waals surface area contributed by atoms with Crippen LogP contribution >= 0.6 is 11.3 Å². The number of fused-ring (bicyclic) bond motifs is 1. The van der Waals surface area contributed by atoms with Crippen LogP contribution in [0.1, 0.15) is 28.4 Å². The van der Waals surface area contributed by atoms with Crippen LogP contribution in [-0.2, 0) is 11.2 Å². The Kier molecular flexibility index (Phi) is 4.90. The van der Waals surface area contributed by atoms with Gasteiger partial charge in [-0.25, -0.2) is 0 Å². The van der Waals surface area contributed by atoms with Gasteiger partial charge in [-0.3, -0.25) is 20.4 Å². The first-order chi connectivity index (χ1) is 13.6. The molecule has 0 aliphatic heterocycles. The molecule has 2 N–H and O–H groups in total. The maximum absolute atomic E-state index is 12.3. The minimum absolute atomic E-state index is 0.0880. The molecule has 142 valence electrons. The molecule has 0 bridgehead atoms. The van der Waals surface area contributed by atoms with Crippen molar-refractivity contribution in [3.63, 3.8) is 0 Å². The van der Waals surface area contributed by atoms with E-state index in [9.17, 15) is 9.59 Å². The van der Waals surface area contributed by atoms with Gasteiger partial charge in [-0.15, -0.1) is 0 Å². The van der Waals surface area contributed by atoms with E-state index in [4.69, 9.17) is 8.94 Å². The largest absolute Gasteiger partial charge is 0.451 e. The third-order valence-corrected chi connectivity index (χ3v) is 4.86. The second-order valence-corrected chi connectivity index (χ2v) is 6.86.